The van der Waals surface area contributed by atoms with Gasteiger partial charge in [-0.2, -0.15) is 0 Å². The molecule has 9 nitrogen and oxygen atoms in total. The van der Waals surface area contributed by atoms with Crippen LogP contribution >= 0.6 is 0 Å². The summed E-state index contributed by atoms with van der Waals surface area (Å²) >= 11 is 0. The van der Waals surface area contributed by atoms with Gasteiger partial charge in [-0.1, -0.05) is 6.07 Å². The zero-order chi connectivity index (χ0) is 22.5. The number of nitrogens with zero attached hydrogens (tertiary/aromatic N) is 5. The van der Waals surface area contributed by atoms with Crippen molar-refractivity contribution in [3.63, 3.8) is 0 Å². The number of imidazole rings is 1. The number of nitrogens with one attached hydrogen (secondary N) is 1. The molecular weight excluding hydrogens is 396 g/mol. The van der Waals surface area contributed by atoms with E-state index in [0.717, 1.165) is 45.0 Å². The number of nitro groups is 1. The van der Waals surface area contributed by atoms with Crippen molar-refractivity contribution in [1.82, 2.24) is 19.4 Å². The first-order valence-corrected chi connectivity index (χ1v) is 10.8. The Bertz CT molecular complexity index is 926. The lowest BCUT2D eigenvalue weighted by Crippen LogP contribution is -2.44. The summed E-state index contributed by atoms with van der Waals surface area (Å²) in [5, 5.41) is 14.0. The Balaban J connectivity index is 1.59. The highest BCUT2D eigenvalue weighted by molar-refractivity contribution is 5.95. The van der Waals surface area contributed by atoms with Crippen LogP contribution in [0.5, 0.6) is 0 Å². The highest BCUT2D eigenvalue weighted by atomic mass is 16.6. The number of hydrogen-bond acceptors (Lipinski definition) is 6. The second-order valence-corrected chi connectivity index (χ2v) is 8.38. The molecule has 1 atom stereocenters. The molecular formula is C22H32N6O3. The van der Waals surface area contributed by atoms with E-state index in [2.05, 4.69) is 38.5 Å². The zero-order valence-electron chi connectivity index (χ0n) is 18.7. The number of hydrogen-bond donors (Lipinski definition) is 1. The number of benzene rings is 1. The average Bonchev–Trinajstić information content (AvgIpc) is 3.06. The number of anilines is 1. The van der Waals surface area contributed by atoms with Crippen LogP contribution in [-0.4, -0.2) is 62.4 Å². The normalized spacial score (nSPS) is 16.8. The lowest BCUT2D eigenvalue weighted by atomic mass is 10.1. The molecule has 3 rings (SSSR count). The van der Waals surface area contributed by atoms with Crippen LogP contribution in [0, 0.1) is 17.0 Å². The molecule has 1 saturated heterocycles. The smallest absolute Gasteiger partial charge is 0.274 e. The average molecular weight is 429 g/mol. The second kappa shape index (κ2) is 10.0. The Morgan fingerprint density at radius 3 is 2.71 bits per heavy atom. The van der Waals surface area contributed by atoms with Gasteiger partial charge in [-0.15, -0.1) is 0 Å². The first kappa shape index (κ1) is 22.9. The monoisotopic (exact) mass is 428 g/mol. The first-order valence-electron chi connectivity index (χ1n) is 10.8. The van der Waals surface area contributed by atoms with Crippen LogP contribution in [0.3, 0.4) is 0 Å². The molecule has 1 fully saturated rings. The third-order valence-corrected chi connectivity index (χ3v) is 5.98. The highest BCUT2D eigenvalue weighted by Crippen LogP contribution is 2.25. The van der Waals surface area contributed by atoms with E-state index >= 15 is 0 Å². The van der Waals surface area contributed by atoms with Crippen molar-refractivity contribution in [3.05, 3.63) is 52.1 Å². The SMILES string of the molecule is Cc1c(NC(=O)C(C)N2CCCN(Cc3nccn3C(C)C)CC2)cccc1[N+](=O)[O-]. The summed E-state index contributed by atoms with van der Waals surface area (Å²) in [6.07, 6.45) is 4.84. The summed E-state index contributed by atoms with van der Waals surface area (Å²) in [5.41, 5.74) is 0.967. The number of amides is 1. The first-order chi connectivity index (χ1) is 14.8. The molecule has 1 aliphatic heterocycles. The van der Waals surface area contributed by atoms with Gasteiger partial charge in [0.05, 0.1) is 28.8 Å². The van der Waals surface area contributed by atoms with Gasteiger partial charge in [-0.25, -0.2) is 4.98 Å². The van der Waals surface area contributed by atoms with Crippen LogP contribution < -0.4 is 5.32 Å². The maximum Gasteiger partial charge on any atom is 0.274 e. The predicted octanol–water partition coefficient (Wildman–Crippen LogP) is 3.22. The van der Waals surface area contributed by atoms with Crippen molar-refractivity contribution in [1.29, 1.82) is 0 Å². The molecule has 1 N–H and O–H groups in total. The Morgan fingerprint density at radius 2 is 2.00 bits per heavy atom. The molecule has 0 spiro atoms. The summed E-state index contributed by atoms with van der Waals surface area (Å²) < 4.78 is 2.19. The molecule has 1 aliphatic rings. The molecule has 1 aromatic carbocycles. The number of nitro benzene ring substituents is 1. The van der Waals surface area contributed by atoms with Crippen molar-refractivity contribution >= 4 is 17.3 Å². The van der Waals surface area contributed by atoms with Crippen molar-refractivity contribution in [2.45, 2.75) is 52.7 Å². The molecule has 0 radical (unpaired) electrons. The number of carbonyl (C=O) groups excluding carboxylic acids is 1. The minimum Gasteiger partial charge on any atom is -0.331 e. The molecule has 31 heavy (non-hydrogen) atoms. The van der Waals surface area contributed by atoms with Crippen molar-refractivity contribution in [2.24, 2.45) is 0 Å². The van der Waals surface area contributed by atoms with Crippen LogP contribution in [0.2, 0.25) is 0 Å². The van der Waals surface area contributed by atoms with E-state index < -0.39 is 4.92 Å². The molecule has 9 heteroatoms. The fourth-order valence-electron chi connectivity index (χ4n) is 4.03. The van der Waals surface area contributed by atoms with Gasteiger partial charge in [0, 0.05) is 44.1 Å². The van der Waals surface area contributed by atoms with Gasteiger partial charge in [-0.05, 0) is 46.7 Å². The van der Waals surface area contributed by atoms with Crippen LogP contribution in [0.15, 0.2) is 30.6 Å². The quantitative estimate of drug-likeness (QED) is 0.537. The van der Waals surface area contributed by atoms with E-state index in [-0.39, 0.29) is 17.6 Å². The lowest BCUT2D eigenvalue weighted by Gasteiger charge is -2.27. The molecule has 168 valence electrons. The summed E-state index contributed by atoms with van der Waals surface area (Å²) in [7, 11) is 0. The minimum absolute atomic E-state index is 0.00984. The Kier molecular flexibility index (Phi) is 7.40. The second-order valence-electron chi connectivity index (χ2n) is 8.38. The summed E-state index contributed by atoms with van der Waals surface area (Å²) in [6.45, 7) is 12.1. The minimum atomic E-state index is -0.428. The third kappa shape index (κ3) is 5.48. The molecule has 1 aromatic heterocycles. The summed E-state index contributed by atoms with van der Waals surface area (Å²) in [5.74, 6) is 0.919. The summed E-state index contributed by atoms with van der Waals surface area (Å²) in [4.78, 5) is 32.7. The van der Waals surface area contributed by atoms with Gasteiger partial charge in [-0.3, -0.25) is 24.7 Å². The standard InChI is InChI=1S/C22H32N6O3/c1-16(2)27-12-9-23-21(27)15-25-10-6-11-26(14-13-25)18(4)22(29)24-19-7-5-8-20(17(19)3)28(30)31/h5,7-9,12,16,18H,6,10-11,13-15H2,1-4H3,(H,24,29). The molecule has 1 amide bonds. The van der Waals surface area contributed by atoms with Gasteiger partial charge < -0.3 is 9.88 Å². The summed E-state index contributed by atoms with van der Waals surface area (Å²) in [6, 6.07) is 4.80. The maximum atomic E-state index is 12.9. The van der Waals surface area contributed by atoms with E-state index in [1.54, 1.807) is 19.1 Å². The van der Waals surface area contributed by atoms with E-state index in [1.807, 2.05) is 19.3 Å². The number of carbonyl (C=O) groups is 1. The molecule has 2 aromatic rings. The number of rotatable bonds is 7. The third-order valence-electron chi connectivity index (χ3n) is 5.98. The van der Waals surface area contributed by atoms with Crippen LogP contribution in [0.25, 0.3) is 0 Å². The molecule has 0 bridgehead atoms. The van der Waals surface area contributed by atoms with E-state index in [9.17, 15) is 14.9 Å². The maximum absolute atomic E-state index is 12.9. The fraction of sp³-hybridized carbons (Fsp3) is 0.545. The van der Waals surface area contributed by atoms with E-state index in [0.29, 0.717) is 17.3 Å². The number of aromatic nitrogens is 2. The molecule has 0 saturated carbocycles. The van der Waals surface area contributed by atoms with Gasteiger partial charge >= 0.3 is 0 Å². The van der Waals surface area contributed by atoms with Crippen LogP contribution in [-0.2, 0) is 11.3 Å². The van der Waals surface area contributed by atoms with Gasteiger partial charge in [0.2, 0.25) is 5.91 Å². The van der Waals surface area contributed by atoms with Crippen molar-refractivity contribution in [2.75, 3.05) is 31.5 Å². The molecule has 1 unspecified atom stereocenters. The molecule has 2 heterocycles. The largest absolute Gasteiger partial charge is 0.331 e. The van der Waals surface area contributed by atoms with Gasteiger partial charge in [0.1, 0.15) is 5.82 Å². The van der Waals surface area contributed by atoms with E-state index in [1.165, 1.54) is 6.07 Å². The van der Waals surface area contributed by atoms with Gasteiger partial charge in [0.25, 0.3) is 5.69 Å². The highest BCUT2D eigenvalue weighted by Gasteiger charge is 2.25. The van der Waals surface area contributed by atoms with Gasteiger partial charge in [0.15, 0.2) is 0 Å². The van der Waals surface area contributed by atoms with Crippen LogP contribution in [0.4, 0.5) is 11.4 Å². The van der Waals surface area contributed by atoms with Crippen molar-refractivity contribution < 1.29 is 9.72 Å². The molecule has 0 aliphatic carbocycles. The zero-order valence-corrected chi connectivity index (χ0v) is 18.7. The predicted molar refractivity (Wildman–Crippen MR) is 120 cm³/mol. The van der Waals surface area contributed by atoms with Crippen molar-refractivity contribution in [3.8, 4) is 0 Å². The fourth-order valence-corrected chi connectivity index (χ4v) is 4.03. The van der Waals surface area contributed by atoms with E-state index in [4.69, 9.17) is 0 Å². The topological polar surface area (TPSA) is 96.5 Å². The Labute approximate surface area is 183 Å². The Hall–Kier alpha value is -2.78. The van der Waals surface area contributed by atoms with Crippen LogP contribution in [0.1, 0.15) is 44.6 Å². The Morgan fingerprint density at radius 1 is 1.23 bits per heavy atom. The lowest BCUT2D eigenvalue weighted by molar-refractivity contribution is -0.385.